The lowest BCUT2D eigenvalue weighted by Crippen LogP contribution is -2.39. The van der Waals surface area contributed by atoms with Crippen LogP contribution in [0.2, 0.25) is 0 Å². The SMILES string of the molecule is CC(C)N(C)Cc1ncn2c1CN(C(=O)NCc1cccc(F)c1)CCC2.O=C(O)C(F)(F)F. The highest BCUT2D eigenvalue weighted by atomic mass is 19.4. The van der Waals surface area contributed by atoms with Gasteiger partial charge in [0.15, 0.2) is 0 Å². The van der Waals surface area contributed by atoms with Crippen LogP contribution in [0.3, 0.4) is 0 Å². The number of carboxylic acids is 1. The number of nitrogens with zero attached hydrogens (tertiary/aromatic N) is 4. The molecule has 2 amide bonds. The number of nitrogens with one attached hydrogen (secondary N) is 1. The first-order valence-electron chi connectivity index (χ1n) is 10.7. The number of alkyl halides is 3. The van der Waals surface area contributed by atoms with E-state index in [9.17, 15) is 22.4 Å². The summed E-state index contributed by atoms with van der Waals surface area (Å²) < 4.78 is 47.2. The minimum atomic E-state index is -5.08. The van der Waals surface area contributed by atoms with Gasteiger partial charge < -0.3 is 19.9 Å². The average molecular weight is 487 g/mol. The summed E-state index contributed by atoms with van der Waals surface area (Å²) in [5.74, 6) is -3.05. The third kappa shape index (κ3) is 8.01. The molecule has 0 atom stereocenters. The summed E-state index contributed by atoms with van der Waals surface area (Å²) in [7, 11) is 2.08. The normalized spacial score (nSPS) is 13.7. The lowest BCUT2D eigenvalue weighted by atomic mass is 10.2. The molecule has 2 N–H and O–H groups in total. The van der Waals surface area contributed by atoms with E-state index in [-0.39, 0.29) is 11.8 Å². The molecule has 188 valence electrons. The van der Waals surface area contributed by atoms with Crippen molar-refractivity contribution in [2.45, 2.75) is 58.7 Å². The van der Waals surface area contributed by atoms with Crippen LogP contribution < -0.4 is 5.32 Å². The number of aryl methyl sites for hydroxylation is 1. The van der Waals surface area contributed by atoms with Gasteiger partial charge in [-0.25, -0.2) is 19.0 Å². The third-order valence-electron chi connectivity index (χ3n) is 5.34. The van der Waals surface area contributed by atoms with Crippen LogP contribution in [0.4, 0.5) is 22.4 Å². The Morgan fingerprint density at radius 3 is 2.53 bits per heavy atom. The number of carboxylic acid groups (broad SMARTS) is 1. The van der Waals surface area contributed by atoms with E-state index in [0.717, 1.165) is 36.5 Å². The molecule has 0 saturated carbocycles. The van der Waals surface area contributed by atoms with Gasteiger partial charge >= 0.3 is 18.2 Å². The molecule has 0 bridgehead atoms. The summed E-state index contributed by atoms with van der Waals surface area (Å²) in [6.07, 6.45) is -2.32. The summed E-state index contributed by atoms with van der Waals surface area (Å²) in [5, 5.41) is 10.0. The molecule has 2 aromatic rings. The van der Waals surface area contributed by atoms with Crippen LogP contribution in [0.25, 0.3) is 0 Å². The molecule has 0 aliphatic carbocycles. The monoisotopic (exact) mass is 487 g/mol. The predicted molar refractivity (Wildman–Crippen MR) is 116 cm³/mol. The maximum absolute atomic E-state index is 13.3. The molecule has 2 heterocycles. The summed E-state index contributed by atoms with van der Waals surface area (Å²) >= 11 is 0. The van der Waals surface area contributed by atoms with Crippen molar-refractivity contribution in [1.82, 2.24) is 24.7 Å². The molecular formula is C22H29F4N5O3. The topological polar surface area (TPSA) is 90.7 Å². The van der Waals surface area contributed by atoms with Gasteiger partial charge in [0, 0.05) is 32.2 Å². The Morgan fingerprint density at radius 1 is 1.26 bits per heavy atom. The Kier molecular flexibility index (Phi) is 9.42. The number of carbonyl (C=O) groups excluding carboxylic acids is 1. The maximum Gasteiger partial charge on any atom is 0.490 e. The second-order valence-corrected chi connectivity index (χ2v) is 8.21. The minimum Gasteiger partial charge on any atom is -0.475 e. The number of halogens is 4. The number of aliphatic carboxylic acids is 1. The molecule has 1 aromatic carbocycles. The second-order valence-electron chi connectivity index (χ2n) is 8.21. The van der Waals surface area contributed by atoms with Crippen LogP contribution in [0.5, 0.6) is 0 Å². The van der Waals surface area contributed by atoms with Gasteiger partial charge in [-0.05, 0) is 45.0 Å². The van der Waals surface area contributed by atoms with E-state index < -0.39 is 12.1 Å². The van der Waals surface area contributed by atoms with E-state index in [2.05, 4.69) is 40.7 Å². The van der Waals surface area contributed by atoms with E-state index in [4.69, 9.17) is 9.90 Å². The smallest absolute Gasteiger partial charge is 0.475 e. The number of carbonyl (C=O) groups is 2. The van der Waals surface area contributed by atoms with Gasteiger partial charge in [-0.3, -0.25) is 4.90 Å². The highest BCUT2D eigenvalue weighted by Gasteiger charge is 2.38. The predicted octanol–water partition coefficient (Wildman–Crippen LogP) is 3.61. The Balaban J connectivity index is 0.000000509. The van der Waals surface area contributed by atoms with E-state index in [1.165, 1.54) is 12.1 Å². The zero-order chi connectivity index (χ0) is 25.5. The van der Waals surface area contributed by atoms with E-state index in [1.807, 2.05) is 11.2 Å². The Labute approximate surface area is 195 Å². The number of hydrogen-bond acceptors (Lipinski definition) is 4. The van der Waals surface area contributed by atoms with Crippen molar-refractivity contribution in [1.29, 1.82) is 0 Å². The molecule has 12 heteroatoms. The van der Waals surface area contributed by atoms with Crippen LogP contribution in [0.15, 0.2) is 30.6 Å². The highest BCUT2D eigenvalue weighted by Crippen LogP contribution is 2.18. The summed E-state index contributed by atoms with van der Waals surface area (Å²) in [6.45, 7) is 7.48. The highest BCUT2D eigenvalue weighted by molar-refractivity contribution is 5.74. The third-order valence-corrected chi connectivity index (χ3v) is 5.34. The standard InChI is InChI=1S/C20H28FN5O.C2HF3O2/c1-15(2)24(3)12-18-19-13-25(8-5-9-26(19)14-23-18)20(27)22-11-16-6-4-7-17(21)10-16;3-2(4,5)1(6)7/h4,6-7,10,14-15H,5,8-9,11-13H2,1-3H3,(H,22,27);(H,6,7). The van der Waals surface area contributed by atoms with Gasteiger partial charge in [-0.15, -0.1) is 0 Å². The van der Waals surface area contributed by atoms with Crippen molar-refractivity contribution in [3.05, 3.63) is 53.4 Å². The number of rotatable bonds is 5. The number of imidazole rings is 1. The quantitative estimate of drug-likeness (QED) is 0.629. The van der Waals surface area contributed by atoms with Crippen molar-refractivity contribution in [3.8, 4) is 0 Å². The van der Waals surface area contributed by atoms with Crippen molar-refractivity contribution >= 4 is 12.0 Å². The molecule has 1 aromatic heterocycles. The first kappa shape index (κ1) is 27.1. The van der Waals surface area contributed by atoms with Gasteiger partial charge in [0.2, 0.25) is 0 Å². The van der Waals surface area contributed by atoms with Crippen molar-refractivity contribution in [2.75, 3.05) is 13.6 Å². The van der Waals surface area contributed by atoms with Crippen molar-refractivity contribution in [3.63, 3.8) is 0 Å². The minimum absolute atomic E-state index is 0.128. The lowest BCUT2D eigenvalue weighted by molar-refractivity contribution is -0.192. The van der Waals surface area contributed by atoms with Gasteiger partial charge in [0.05, 0.1) is 24.3 Å². The van der Waals surface area contributed by atoms with E-state index in [1.54, 1.807) is 12.1 Å². The molecule has 3 rings (SSSR count). The second kappa shape index (κ2) is 11.8. The molecule has 1 aliphatic rings. The largest absolute Gasteiger partial charge is 0.490 e. The first-order valence-corrected chi connectivity index (χ1v) is 10.7. The van der Waals surface area contributed by atoms with Crippen molar-refractivity contribution < 1.29 is 32.3 Å². The number of fused-ring (bicyclic) bond motifs is 1. The molecule has 0 unspecified atom stereocenters. The molecular weight excluding hydrogens is 458 g/mol. The number of urea groups is 1. The molecule has 8 nitrogen and oxygen atoms in total. The molecule has 1 aliphatic heterocycles. The summed E-state index contributed by atoms with van der Waals surface area (Å²) in [6, 6.07) is 6.60. The van der Waals surface area contributed by atoms with E-state index >= 15 is 0 Å². The fourth-order valence-corrected chi connectivity index (χ4v) is 3.18. The summed E-state index contributed by atoms with van der Waals surface area (Å²) in [5.41, 5.74) is 2.87. The molecule has 0 spiro atoms. The Hall–Kier alpha value is -3.15. The zero-order valence-corrected chi connectivity index (χ0v) is 19.3. The van der Waals surface area contributed by atoms with Gasteiger partial charge in [-0.1, -0.05) is 12.1 Å². The maximum atomic E-state index is 13.3. The van der Waals surface area contributed by atoms with Gasteiger partial charge in [-0.2, -0.15) is 13.2 Å². The van der Waals surface area contributed by atoms with E-state index in [0.29, 0.717) is 25.7 Å². The van der Waals surface area contributed by atoms with Crippen molar-refractivity contribution in [2.24, 2.45) is 0 Å². The zero-order valence-electron chi connectivity index (χ0n) is 19.3. The lowest BCUT2D eigenvalue weighted by Gasteiger charge is -2.23. The number of amides is 2. The fraction of sp³-hybridized carbons (Fsp3) is 0.500. The first-order chi connectivity index (χ1) is 15.9. The van der Waals surface area contributed by atoms with Crippen LogP contribution >= 0.6 is 0 Å². The molecule has 0 fully saturated rings. The van der Waals surface area contributed by atoms with Gasteiger partial charge in [0.25, 0.3) is 0 Å². The Bertz CT molecular complexity index is 978. The number of hydrogen-bond donors (Lipinski definition) is 2. The van der Waals surface area contributed by atoms with Gasteiger partial charge in [0.1, 0.15) is 5.82 Å². The molecule has 0 saturated heterocycles. The fourth-order valence-electron chi connectivity index (χ4n) is 3.18. The molecule has 34 heavy (non-hydrogen) atoms. The number of aromatic nitrogens is 2. The molecule has 0 radical (unpaired) electrons. The Morgan fingerprint density at radius 2 is 1.94 bits per heavy atom. The summed E-state index contributed by atoms with van der Waals surface area (Å²) in [4.78, 5) is 30.2. The van der Waals surface area contributed by atoms with Crippen LogP contribution in [-0.2, 0) is 31.0 Å². The van der Waals surface area contributed by atoms with Crippen LogP contribution in [-0.4, -0.2) is 62.3 Å². The van der Waals surface area contributed by atoms with Crippen LogP contribution in [0, 0.1) is 5.82 Å². The van der Waals surface area contributed by atoms with Crippen LogP contribution in [0.1, 0.15) is 37.2 Å². The average Bonchev–Trinajstić information content (AvgIpc) is 2.99. The number of benzene rings is 1.